The minimum atomic E-state index is 0.0847. The van der Waals surface area contributed by atoms with Crippen LogP contribution in [0.4, 0.5) is 5.13 Å². The van der Waals surface area contributed by atoms with Gasteiger partial charge in [-0.2, -0.15) is 4.37 Å². The summed E-state index contributed by atoms with van der Waals surface area (Å²) in [5.41, 5.74) is 3.21. The lowest BCUT2D eigenvalue weighted by atomic mass is 9.86. The first kappa shape index (κ1) is 21.8. The summed E-state index contributed by atoms with van der Waals surface area (Å²) < 4.78 is 4.51. The molecule has 0 spiro atoms. The first-order valence-electron chi connectivity index (χ1n) is 10.5. The first-order valence-corrected chi connectivity index (χ1v) is 11.7. The number of carbonyl (C=O) groups is 1. The van der Waals surface area contributed by atoms with Gasteiger partial charge in [0.15, 0.2) is 0 Å². The summed E-state index contributed by atoms with van der Waals surface area (Å²) in [6.45, 7) is 9.44. The molecular weight excluding hydrogens is 428 g/mol. The van der Waals surface area contributed by atoms with Crippen molar-refractivity contribution in [2.75, 3.05) is 31.1 Å². The molecule has 0 unspecified atom stereocenters. The smallest absolute Gasteiger partial charge is 0.253 e. The quantitative estimate of drug-likeness (QED) is 0.554. The minimum absolute atomic E-state index is 0.0847. The number of hydrogen-bond acceptors (Lipinski definition) is 5. The molecule has 31 heavy (non-hydrogen) atoms. The Bertz CT molecular complexity index is 1030. The summed E-state index contributed by atoms with van der Waals surface area (Å²) in [7, 11) is 0. The third-order valence-corrected chi connectivity index (χ3v) is 6.63. The van der Waals surface area contributed by atoms with E-state index in [4.69, 9.17) is 16.6 Å². The van der Waals surface area contributed by atoms with Crippen molar-refractivity contribution >= 4 is 34.2 Å². The molecule has 0 saturated carbocycles. The van der Waals surface area contributed by atoms with Gasteiger partial charge in [-0.05, 0) is 40.8 Å². The van der Waals surface area contributed by atoms with Crippen LogP contribution in [0.15, 0.2) is 48.5 Å². The zero-order chi connectivity index (χ0) is 22.0. The largest absolute Gasteiger partial charge is 0.343 e. The molecule has 3 aromatic rings. The Balaban J connectivity index is 1.34. The Kier molecular flexibility index (Phi) is 6.30. The summed E-state index contributed by atoms with van der Waals surface area (Å²) in [6.07, 6.45) is 0.691. The molecule has 1 amide bonds. The van der Waals surface area contributed by atoms with Crippen molar-refractivity contribution in [3.63, 3.8) is 0 Å². The summed E-state index contributed by atoms with van der Waals surface area (Å²) in [5.74, 6) is 0.917. The van der Waals surface area contributed by atoms with Crippen LogP contribution in [-0.4, -0.2) is 46.3 Å². The van der Waals surface area contributed by atoms with E-state index in [2.05, 4.69) is 42.2 Å². The average Bonchev–Trinajstić information content (AvgIpc) is 3.23. The topological polar surface area (TPSA) is 49.3 Å². The van der Waals surface area contributed by atoms with Crippen LogP contribution in [-0.2, 0) is 11.8 Å². The van der Waals surface area contributed by atoms with Crippen LogP contribution >= 0.6 is 23.1 Å². The molecule has 4 rings (SSSR count). The Hall–Kier alpha value is -2.44. The molecule has 1 fully saturated rings. The maximum absolute atomic E-state index is 12.9. The lowest BCUT2D eigenvalue weighted by Crippen LogP contribution is -2.48. The molecule has 0 aliphatic carbocycles. The highest BCUT2D eigenvalue weighted by atomic mass is 35.5. The summed E-state index contributed by atoms with van der Waals surface area (Å²) >= 11 is 7.38. The number of aromatic nitrogens is 2. The SMILES string of the molecule is CC(C)(C)c1ccc(C(=O)N2CCN(c3nc(Cc4ccc(Cl)cc4)ns3)CC2)cc1. The van der Waals surface area contributed by atoms with Gasteiger partial charge in [0, 0.05) is 54.7 Å². The van der Waals surface area contributed by atoms with Gasteiger partial charge < -0.3 is 9.80 Å². The second kappa shape index (κ2) is 8.97. The monoisotopic (exact) mass is 454 g/mol. The standard InChI is InChI=1S/C24H27ClN4OS/c1-24(2,3)19-8-6-18(7-9-19)22(30)28-12-14-29(15-13-28)23-26-21(27-31-23)16-17-4-10-20(25)11-5-17/h4-11H,12-16H2,1-3H3. The fourth-order valence-electron chi connectivity index (χ4n) is 3.63. The van der Waals surface area contributed by atoms with E-state index < -0.39 is 0 Å². The Labute approximate surface area is 192 Å². The van der Waals surface area contributed by atoms with Crippen molar-refractivity contribution in [1.82, 2.24) is 14.3 Å². The molecule has 1 aromatic heterocycles. The van der Waals surface area contributed by atoms with Gasteiger partial charge in [-0.15, -0.1) is 0 Å². The molecule has 2 aromatic carbocycles. The van der Waals surface area contributed by atoms with Crippen LogP contribution in [0.25, 0.3) is 0 Å². The molecule has 162 valence electrons. The summed E-state index contributed by atoms with van der Waals surface area (Å²) in [4.78, 5) is 21.8. The van der Waals surface area contributed by atoms with Crippen LogP contribution in [0.2, 0.25) is 5.02 Å². The molecule has 0 atom stereocenters. The van der Waals surface area contributed by atoms with Crippen LogP contribution in [0.1, 0.15) is 48.1 Å². The average molecular weight is 455 g/mol. The first-order chi connectivity index (χ1) is 14.8. The second-order valence-electron chi connectivity index (χ2n) is 8.90. The van der Waals surface area contributed by atoms with E-state index in [1.807, 2.05) is 41.3 Å². The molecule has 2 heterocycles. The van der Waals surface area contributed by atoms with Crippen molar-refractivity contribution in [3.8, 4) is 0 Å². The molecule has 5 nitrogen and oxygen atoms in total. The summed E-state index contributed by atoms with van der Waals surface area (Å²) in [6, 6.07) is 15.8. The lowest BCUT2D eigenvalue weighted by Gasteiger charge is -2.34. The number of anilines is 1. The van der Waals surface area contributed by atoms with Crippen LogP contribution in [0.3, 0.4) is 0 Å². The number of benzene rings is 2. The van der Waals surface area contributed by atoms with Gasteiger partial charge >= 0.3 is 0 Å². The van der Waals surface area contributed by atoms with E-state index in [9.17, 15) is 4.79 Å². The number of rotatable bonds is 4. The van der Waals surface area contributed by atoms with E-state index >= 15 is 0 Å². The van der Waals surface area contributed by atoms with Crippen LogP contribution in [0.5, 0.6) is 0 Å². The Morgan fingerprint density at radius 2 is 1.65 bits per heavy atom. The van der Waals surface area contributed by atoms with Crippen molar-refractivity contribution in [2.24, 2.45) is 0 Å². The molecule has 0 N–H and O–H groups in total. The van der Waals surface area contributed by atoms with E-state index in [1.165, 1.54) is 17.1 Å². The predicted molar refractivity (Wildman–Crippen MR) is 127 cm³/mol. The molecule has 7 heteroatoms. The highest BCUT2D eigenvalue weighted by molar-refractivity contribution is 7.09. The number of piperazine rings is 1. The minimum Gasteiger partial charge on any atom is -0.343 e. The predicted octanol–water partition coefficient (Wildman–Crippen LogP) is 5.04. The van der Waals surface area contributed by atoms with E-state index in [0.29, 0.717) is 19.5 Å². The van der Waals surface area contributed by atoms with Crippen LogP contribution in [0, 0.1) is 0 Å². The van der Waals surface area contributed by atoms with Crippen molar-refractivity contribution < 1.29 is 4.79 Å². The second-order valence-corrected chi connectivity index (χ2v) is 10.1. The van der Waals surface area contributed by atoms with Gasteiger partial charge in [-0.3, -0.25) is 4.79 Å². The van der Waals surface area contributed by atoms with Crippen molar-refractivity contribution in [1.29, 1.82) is 0 Å². The highest BCUT2D eigenvalue weighted by Crippen LogP contribution is 2.24. The molecular formula is C24H27ClN4OS. The zero-order valence-corrected chi connectivity index (χ0v) is 19.7. The van der Waals surface area contributed by atoms with Crippen molar-refractivity contribution in [2.45, 2.75) is 32.6 Å². The van der Waals surface area contributed by atoms with Gasteiger partial charge in [0.2, 0.25) is 5.13 Å². The van der Waals surface area contributed by atoms with Gasteiger partial charge in [-0.25, -0.2) is 4.98 Å². The number of hydrogen-bond donors (Lipinski definition) is 0. The molecule has 0 bridgehead atoms. The summed E-state index contributed by atoms with van der Waals surface area (Å²) in [5, 5.41) is 1.65. The number of halogens is 1. The highest BCUT2D eigenvalue weighted by Gasteiger charge is 2.24. The maximum atomic E-state index is 12.9. The van der Waals surface area contributed by atoms with E-state index in [1.54, 1.807) is 0 Å². The normalized spacial score (nSPS) is 14.7. The van der Waals surface area contributed by atoms with Gasteiger partial charge in [-0.1, -0.05) is 56.6 Å². The zero-order valence-electron chi connectivity index (χ0n) is 18.1. The van der Waals surface area contributed by atoms with Gasteiger partial charge in [0.25, 0.3) is 5.91 Å². The van der Waals surface area contributed by atoms with E-state index in [0.717, 1.165) is 40.2 Å². The maximum Gasteiger partial charge on any atom is 0.253 e. The third kappa shape index (κ3) is 5.25. The molecule has 0 radical (unpaired) electrons. The number of nitrogens with zero attached hydrogens (tertiary/aromatic N) is 4. The lowest BCUT2D eigenvalue weighted by molar-refractivity contribution is 0.0746. The van der Waals surface area contributed by atoms with Gasteiger partial charge in [0.1, 0.15) is 5.82 Å². The fourth-order valence-corrected chi connectivity index (χ4v) is 4.49. The fraction of sp³-hybridized carbons (Fsp3) is 0.375. The Morgan fingerprint density at radius 3 is 2.26 bits per heavy atom. The van der Waals surface area contributed by atoms with Crippen molar-refractivity contribution in [3.05, 3.63) is 76.1 Å². The molecule has 1 saturated heterocycles. The van der Waals surface area contributed by atoms with E-state index in [-0.39, 0.29) is 11.3 Å². The van der Waals surface area contributed by atoms with Crippen LogP contribution < -0.4 is 4.90 Å². The third-order valence-electron chi connectivity index (χ3n) is 5.57. The number of amides is 1. The Morgan fingerprint density at radius 1 is 1.00 bits per heavy atom. The molecule has 1 aliphatic rings. The van der Waals surface area contributed by atoms with Gasteiger partial charge in [0.05, 0.1) is 0 Å². The number of carbonyl (C=O) groups excluding carboxylic acids is 1. The molecule has 1 aliphatic heterocycles.